The third-order valence-corrected chi connectivity index (χ3v) is 7.93. The van der Waals surface area contributed by atoms with Crippen molar-refractivity contribution in [3.8, 4) is 5.69 Å². The van der Waals surface area contributed by atoms with E-state index in [9.17, 15) is 27.6 Å². The SMILES string of the molecule is CCc1ccc(-n2c(=O)c3c4c(sc3n(CC(=O)Nc3cccc(C(F)(F)F)c3)c2=O)CCCC4)cc1. The highest BCUT2D eigenvalue weighted by atomic mass is 32.1. The number of nitrogens with zero attached hydrogens (tertiary/aromatic N) is 2. The van der Waals surface area contributed by atoms with Crippen LogP contribution in [0.5, 0.6) is 0 Å². The highest BCUT2D eigenvalue weighted by Crippen LogP contribution is 2.34. The summed E-state index contributed by atoms with van der Waals surface area (Å²) in [6, 6.07) is 11.4. The largest absolute Gasteiger partial charge is 0.416 e. The molecule has 4 aromatic rings. The molecule has 1 N–H and O–H groups in total. The third-order valence-electron chi connectivity index (χ3n) is 6.62. The standard InChI is InChI=1S/C27H24F3N3O3S/c1-2-16-10-12-19(13-11-16)33-24(35)23-20-8-3-4-9-21(20)37-25(23)32(26(33)36)15-22(34)31-18-7-5-6-17(14-18)27(28,29)30/h5-7,10-14H,2-4,8-9,15H2,1H3,(H,31,34). The van der Waals surface area contributed by atoms with Crippen LogP contribution in [0.15, 0.2) is 58.1 Å². The lowest BCUT2D eigenvalue weighted by molar-refractivity contribution is -0.137. The van der Waals surface area contributed by atoms with Crippen molar-refractivity contribution in [2.45, 2.75) is 51.7 Å². The number of aryl methyl sites for hydroxylation is 3. The number of nitrogens with one attached hydrogen (secondary N) is 1. The van der Waals surface area contributed by atoms with Gasteiger partial charge in [0.15, 0.2) is 0 Å². The lowest BCUT2D eigenvalue weighted by atomic mass is 9.97. The zero-order valence-electron chi connectivity index (χ0n) is 20.0. The number of benzene rings is 2. The van der Waals surface area contributed by atoms with Crippen molar-refractivity contribution < 1.29 is 18.0 Å². The summed E-state index contributed by atoms with van der Waals surface area (Å²) in [5.41, 5.74) is 0.362. The molecular formula is C27H24F3N3O3S. The number of hydrogen-bond acceptors (Lipinski definition) is 4. The Morgan fingerprint density at radius 3 is 2.49 bits per heavy atom. The Morgan fingerprint density at radius 2 is 1.78 bits per heavy atom. The molecule has 0 atom stereocenters. The topological polar surface area (TPSA) is 73.1 Å². The van der Waals surface area contributed by atoms with Crippen LogP contribution in [0, 0.1) is 0 Å². The van der Waals surface area contributed by atoms with Crippen molar-refractivity contribution in [2.75, 3.05) is 5.32 Å². The van der Waals surface area contributed by atoms with Gasteiger partial charge < -0.3 is 5.32 Å². The smallest absolute Gasteiger partial charge is 0.325 e. The Hall–Kier alpha value is -3.66. The molecule has 1 amide bonds. The Bertz CT molecular complexity index is 1610. The molecule has 0 bridgehead atoms. The predicted molar refractivity (Wildman–Crippen MR) is 138 cm³/mol. The molecule has 5 rings (SSSR count). The quantitative estimate of drug-likeness (QED) is 0.382. The van der Waals surface area contributed by atoms with E-state index in [-0.39, 0.29) is 5.69 Å². The molecule has 0 saturated carbocycles. The first-order chi connectivity index (χ1) is 17.7. The number of carbonyl (C=O) groups is 1. The molecular weight excluding hydrogens is 503 g/mol. The monoisotopic (exact) mass is 527 g/mol. The molecule has 2 aromatic heterocycles. The lowest BCUT2D eigenvalue weighted by Gasteiger charge is -2.14. The van der Waals surface area contributed by atoms with Gasteiger partial charge in [-0.2, -0.15) is 13.2 Å². The minimum absolute atomic E-state index is 0.0296. The first-order valence-corrected chi connectivity index (χ1v) is 12.9. The third kappa shape index (κ3) is 4.73. The highest BCUT2D eigenvalue weighted by Gasteiger charge is 2.30. The highest BCUT2D eigenvalue weighted by molar-refractivity contribution is 7.18. The van der Waals surface area contributed by atoms with Crippen LogP contribution in [-0.2, 0) is 36.8 Å². The summed E-state index contributed by atoms with van der Waals surface area (Å²) < 4.78 is 41.6. The van der Waals surface area contributed by atoms with Gasteiger partial charge in [-0.15, -0.1) is 11.3 Å². The van der Waals surface area contributed by atoms with Crippen molar-refractivity contribution in [1.82, 2.24) is 9.13 Å². The minimum Gasteiger partial charge on any atom is -0.325 e. The molecule has 0 unspecified atom stereocenters. The minimum atomic E-state index is -4.55. The first-order valence-electron chi connectivity index (χ1n) is 12.0. The number of anilines is 1. The molecule has 1 aliphatic carbocycles. The number of rotatable bonds is 5. The van der Waals surface area contributed by atoms with E-state index in [1.165, 1.54) is 28.0 Å². The van der Waals surface area contributed by atoms with Gasteiger partial charge in [0, 0.05) is 10.6 Å². The van der Waals surface area contributed by atoms with Gasteiger partial charge in [0.05, 0.1) is 16.6 Å². The fourth-order valence-corrected chi connectivity index (χ4v) is 6.11. The summed E-state index contributed by atoms with van der Waals surface area (Å²) in [5.74, 6) is -0.666. The second-order valence-corrected chi connectivity index (χ2v) is 10.1. The Kier molecular flexibility index (Phi) is 6.53. The molecule has 10 heteroatoms. The van der Waals surface area contributed by atoms with Crippen molar-refractivity contribution in [2.24, 2.45) is 0 Å². The molecule has 2 heterocycles. The maximum atomic E-state index is 13.6. The van der Waals surface area contributed by atoms with E-state index in [0.29, 0.717) is 22.3 Å². The van der Waals surface area contributed by atoms with E-state index in [2.05, 4.69) is 5.32 Å². The summed E-state index contributed by atoms with van der Waals surface area (Å²) in [5, 5.41) is 2.90. The molecule has 37 heavy (non-hydrogen) atoms. The van der Waals surface area contributed by atoms with Crippen LogP contribution < -0.4 is 16.6 Å². The number of halogens is 3. The summed E-state index contributed by atoms with van der Waals surface area (Å²) in [6.45, 7) is 1.55. The van der Waals surface area contributed by atoms with Crippen LogP contribution >= 0.6 is 11.3 Å². The van der Waals surface area contributed by atoms with Crippen molar-refractivity contribution in [3.63, 3.8) is 0 Å². The summed E-state index contributed by atoms with van der Waals surface area (Å²) in [6.07, 6.45) is -0.335. The van der Waals surface area contributed by atoms with Crippen LogP contribution in [0.1, 0.15) is 41.3 Å². The normalized spacial score (nSPS) is 13.5. The molecule has 0 aliphatic heterocycles. The summed E-state index contributed by atoms with van der Waals surface area (Å²) in [7, 11) is 0. The molecule has 0 radical (unpaired) electrons. The number of carbonyl (C=O) groups excluding carboxylic acids is 1. The fraction of sp³-hybridized carbons (Fsp3) is 0.296. The molecule has 2 aromatic carbocycles. The van der Waals surface area contributed by atoms with Gasteiger partial charge in [0.25, 0.3) is 5.56 Å². The molecule has 0 saturated heterocycles. The average molecular weight is 528 g/mol. The van der Waals surface area contributed by atoms with Gasteiger partial charge in [0.2, 0.25) is 5.91 Å². The van der Waals surface area contributed by atoms with E-state index in [1.807, 2.05) is 19.1 Å². The molecule has 0 fully saturated rings. The number of amides is 1. The van der Waals surface area contributed by atoms with Gasteiger partial charge in [0.1, 0.15) is 11.4 Å². The maximum Gasteiger partial charge on any atom is 0.416 e. The van der Waals surface area contributed by atoms with Gasteiger partial charge in [-0.25, -0.2) is 9.36 Å². The lowest BCUT2D eigenvalue weighted by Crippen LogP contribution is -2.40. The van der Waals surface area contributed by atoms with Gasteiger partial charge >= 0.3 is 11.9 Å². The number of alkyl halides is 3. The van der Waals surface area contributed by atoms with Crippen LogP contribution in [0.25, 0.3) is 15.9 Å². The zero-order chi connectivity index (χ0) is 26.3. The Morgan fingerprint density at radius 1 is 1.05 bits per heavy atom. The fourth-order valence-electron chi connectivity index (χ4n) is 4.73. The number of hydrogen-bond donors (Lipinski definition) is 1. The molecule has 0 spiro atoms. The van der Waals surface area contributed by atoms with E-state index in [0.717, 1.165) is 58.4 Å². The van der Waals surface area contributed by atoms with Crippen LogP contribution in [-0.4, -0.2) is 15.0 Å². The Balaban J connectivity index is 1.61. The van der Waals surface area contributed by atoms with Crippen molar-refractivity contribution >= 4 is 33.1 Å². The second-order valence-electron chi connectivity index (χ2n) is 9.05. The predicted octanol–water partition coefficient (Wildman–Crippen LogP) is 5.31. The molecule has 1 aliphatic rings. The van der Waals surface area contributed by atoms with E-state index in [4.69, 9.17) is 0 Å². The number of fused-ring (bicyclic) bond motifs is 3. The first kappa shape index (κ1) is 25.0. The second kappa shape index (κ2) is 9.66. The molecule has 6 nitrogen and oxygen atoms in total. The Labute approximate surface area is 214 Å². The molecule has 192 valence electrons. The summed E-state index contributed by atoms with van der Waals surface area (Å²) >= 11 is 1.34. The maximum absolute atomic E-state index is 13.6. The van der Waals surface area contributed by atoms with Gasteiger partial charge in [-0.05, 0) is 73.6 Å². The summed E-state index contributed by atoms with van der Waals surface area (Å²) in [4.78, 5) is 41.7. The van der Waals surface area contributed by atoms with Gasteiger partial charge in [-0.3, -0.25) is 14.2 Å². The number of aromatic nitrogens is 2. The van der Waals surface area contributed by atoms with Crippen molar-refractivity contribution in [1.29, 1.82) is 0 Å². The zero-order valence-corrected chi connectivity index (χ0v) is 20.8. The van der Waals surface area contributed by atoms with E-state index < -0.39 is 35.4 Å². The number of thiophene rings is 1. The van der Waals surface area contributed by atoms with Crippen LogP contribution in [0.4, 0.5) is 18.9 Å². The van der Waals surface area contributed by atoms with E-state index >= 15 is 0 Å². The van der Waals surface area contributed by atoms with Crippen LogP contribution in [0.2, 0.25) is 0 Å². The van der Waals surface area contributed by atoms with Crippen LogP contribution in [0.3, 0.4) is 0 Å². The van der Waals surface area contributed by atoms with Gasteiger partial charge in [-0.1, -0.05) is 25.1 Å². The average Bonchev–Trinajstić information content (AvgIpc) is 3.26. The van der Waals surface area contributed by atoms with E-state index in [1.54, 1.807) is 12.1 Å². The van der Waals surface area contributed by atoms with Crippen molar-refractivity contribution in [3.05, 3.63) is 90.9 Å².